The Morgan fingerprint density at radius 2 is 1.83 bits per heavy atom. The molecule has 2 N–H and O–H groups in total. The number of aryl methyl sites for hydroxylation is 1. The average molecular weight is 396 g/mol. The number of aromatic nitrogens is 2. The molecule has 0 bridgehead atoms. The second-order valence-electron chi connectivity index (χ2n) is 7.85. The van der Waals surface area contributed by atoms with Gasteiger partial charge in [-0.25, -0.2) is 4.98 Å². The van der Waals surface area contributed by atoms with Crippen molar-refractivity contribution in [1.82, 2.24) is 14.9 Å². The molecule has 0 radical (unpaired) electrons. The maximum atomic E-state index is 13.5. The number of carbonyl (C=O) groups is 1. The summed E-state index contributed by atoms with van der Waals surface area (Å²) in [6, 6.07) is 24.4. The number of hydrogen-bond acceptors (Lipinski definition) is 3. The number of fused-ring (bicyclic) bond motifs is 1. The molecule has 2 heterocycles. The summed E-state index contributed by atoms with van der Waals surface area (Å²) in [5.74, 6) is 0.859. The van der Waals surface area contributed by atoms with E-state index in [-0.39, 0.29) is 11.9 Å². The van der Waals surface area contributed by atoms with Gasteiger partial charge in [0.2, 0.25) is 5.95 Å². The first-order chi connectivity index (χ1) is 14.7. The maximum absolute atomic E-state index is 13.5. The number of nitrogens with zero attached hydrogens (tertiary/aromatic N) is 2. The molecule has 1 amide bonds. The minimum absolute atomic E-state index is 0.0980. The van der Waals surface area contributed by atoms with E-state index in [0.717, 1.165) is 52.2 Å². The molecule has 3 aromatic carbocycles. The van der Waals surface area contributed by atoms with E-state index in [4.69, 9.17) is 0 Å². The lowest BCUT2D eigenvalue weighted by molar-refractivity contribution is 0.0791. The summed E-state index contributed by atoms with van der Waals surface area (Å²) in [7, 11) is 0. The highest BCUT2D eigenvalue weighted by molar-refractivity contribution is 6.02. The smallest absolute Gasteiger partial charge is 0.254 e. The van der Waals surface area contributed by atoms with Crippen molar-refractivity contribution in [2.24, 2.45) is 0 Å². The van der Waals surface area contributed by atoms with Crippen LogP contribution >= 0.6 is 0 Å². The molecule has 30 heavy (non-hydrogen) atoms. The molecule has 1 atom stereocenters. The van der Waals surface area contributed by atoms with Crippen LogP contribution in [0.1, 0.15) is 22.3 Å². The predicted molar refractivity (Wildman–Crippen MR) is 121 cm³/mol. The van der Waals surface area contributed by atoms with Crippen LogP contribution in [0.15, 0.2) is 72.8 Å². The SMILES string of the molecule is Cc1cccc(-c2ccccc2)c1C(=O)N1CC[C@@H](Nc2nc3ccccc3[nH]2)C1. The first-order valence-corrected chi connectivity index (χ1v) is 10.3. The van der Waals surface area contributed by atoms with Crippen LogP contribution < -0.4 is 5.32 Å². The lowest BCUT2D eigenvalue weighted by Gasteiger charge is -2.20. The lowest BCUT2D eigenvalue weighted by atomic mass is 9.95. The molecule has 150 valence electrons. The van der Waals surface area contributed by atoms with E-state index in [2.05, 4.69) is 27.4 Å². The van der Waals surface area contributed by atoms with Gasteiger partial charge in [-0.3, -0.25) is 4.79 Å². The fraction of sp³-hybridized carbons (Fsp3) is 0.200. The molecule has 0 spiro atoms. The van der Waals surface area contributed by atoms with Crippen LogP contribution in [0, 0.1) is 6.92 Å². The van der Waals surface area contributed by atoms with Crippen molar-refractivity contribution in [3.05, 3.63) is 83.9 Å². The Labute approximate surface area is 175 Å². The van der Waals surface area contributed by atoms with Crippen LogP contribution in [0.2, 0.25) is 0 Å². The zero-order chi connectivity index (χ0) is 20.5. The summed E-state index contributed by atoms with van der Waals surface area (Å²) in [5, 5.41) is 3.47. The topological polar surface area (TPSA) is 61.0 Å². The number of benzene rings is 3. The number of rotatable bonds is 4. The number of likely N-dealkylation sites (tertiary alicyclic amines) is 1. The highest BCUT2D eigenvalue weighted by atomic mass is 16.2. The van der Waals surface area contributed by atoms with Crippen molar-refractivity contribution in [2.45, 2.75) is 19.4 Å². The minimum Gasteiger partial charge on any atom is -0.351 e. The van der Waals surface area contributed by atoms with Crippen molar-refractivity contribution in [2.75, 3.05) is 18.4 Å². The molecule has 1 aromatic heterocycles. The molecule has 0 aliphatic carbocycles. The Morgan fingerprint density at radius 1 is 1.03 bits per heavy atom. The van der Waals surface area contributed by atoms with Gasteiger partial charge in [0.15, 0.2) is 0 Å². The second kappa shape index (κ2) is 7.67. The van der Waals surface area contributed by atoms with Crippen molar-refractivity contribution in [3.63, 3.8) is 0 Å². The molecule has 0 unspecified atom stereocenters. The van der Waals surface area contributed by atoms with Crippen LogP contribution in [-0.4, -0.2) is 39.9 Å². The van der Waals surface area contributed by atoms with Crippen LogP contribution in [-0.2, 0) is 0 Å². The third kappa shape index (κ3) is 3.43. The third-order valence-electron chi connectivity index (χ3n) is 5.78. The monoisotopic (exact) mass is 396 g/mol. The Bertz CT molecular complexity index is 1170. The zero-order valence-corrected chi connectivity index (χ0v) is 16.9. The number of amides is 1. The first kappa shape index (κ1) is 18.4. The molecular weight excluding hydrogens is 372 g/mol. The van der Waals surface area contributed by atoms with Gasteiger partial charge in [0.05, 0.1) is 16.6 Å². The van der Waals surface area contributed by atoms with Crippen LogP contribution in [0.25, 0.3) is 22.2 Å². The van der Waals surface area contributed by atoms with E-state index in [0.29, 0.717) is 6.54 Å². The van der Waals surface area contributed by atoms with Gasteiger partial charge in [-0.1, -0.05) is 60.7 Å². The van der Waals surface area contributed by atoms with Crippen molar-refractivity contribution in [1.29, 1.82) is 0 Å². The van der Waals surface area contributed by atoms with Crippen LogP contribution in [0.3, 0.4) is 0 Å². The molecule has 0 saturated carbocycles. The van der Waals surface area contributed by atoms with Crippen molar-refractivity contribution >= 4 is 22.9 Å². The number of H-pyrrole nitrogens is 1. The molecule has 5 heteroatoms. The van der Waals surface area contributed by atoms with Gasteiger partial charge < -0.3 is 15.2 Å². The largest absolute Gasteiger partial charge is 0.351 e. The van der Waals surface area contributed by atoms with E-state index < -0.39 is 0 Å². The van der Waals surface area contributed by atoms with Crippen LogP contribution in [0.5, 0.6) is 0 Å². The minimum atomic E-state index is 0.0980. The zero-order valence-electron chi connectivity index (χ0n) is 16.9. The summed E-state index contributed by atoms with van der Waals surface area (Å²) in [5.41, 5.74) is 5.83. The molecule has 5 nitrogen and oxygen atoms in total. The number of aromatic amines is 1. The van der Waals surface area contributed by atoms with E-state index in [1.165, 1.54) is 0 Å². The quantitative estimate of drug-likeness (QED) is 0.518. The lowest BCUT2D eigenvalue weighted by Crippen LogP contribution is -2.32. The molecule has 1 saturated heterocycles. The fourth-order valence-corrected chi connectivity index (χ4v) is 4.25. The van der Waals surface area contributed by atoms with E-state index in [1.54, 1.807) is 0 Å². The average Bonchev–Trinajstić information content (AvgIpc) is 3.40. The third-order valence-corrected chi connectivity index (χ3v) is 5.78. The Balaban J connectivity index is 1.35. The number of carbonyl (C=O) groups excluding carboxylic acids is 1. The first-order valence-electron chi connectivity index (χ1n) is 10.3. The van der Waals surface area contributed by atoms with Crippen LogP contribution in [0.4, 0.5) is 5.95 Å². The summed E-state index contributed by atoms with van der Waals surface area (Å²) in [6.07, 6.45) is 0.898. The Kier molecular flexibility index (Phi) is 4.71. The summed E-state index contributed by atoms with van der Waals surface area (Å²) in [4.78, 5) is 23.3. The van der Waals surface area contributed by atoms with E-state index in [1.807, 2.05) is 72.5 Å². The van der Waals surface area contributed by atoms with Gasteiger partial charge in [-0.2, -0.15) is 0 Å². The van der Waals surface area contributed by atoms with Gasteiger partial charge in [-0.15, -0.1) is 0 Å². The van der Waals surface area contributed by atoms with E-state index >= 15 is 0 Å². The molecule has 1 aliphatic rings. The van der Waals surface area contributed by atoms with Gasteiger partial charge in [-0.05, 0) is 42.2 Å². The molecular formula is C25H24N4O. The molecule has 1 aliphatic heterocycles. The normalized spacial score (nSPS) is 16.2. The van der Waals surface area contributed by atoms with Gasteiger partial charge >= 0.3 is 0 Å². The molecule has 5 rings (SSSR count). The van der Waals surface area contributed by atoms with E-state index in [9.17, 15) is 4.79 Å². The second-order valence-corrected chi connectivity index (χ2v) is 7.85. The highest BCUT2D eigenvalue weighted by Gasteiger charge is 2.29. The maximum Gasteiger partial charge on any atom is 0.254 e. The Hall–Kier alpha value is -3.60. The van der Waals surface area contributed by atoms with Crippen molar-refractivity contribution < 1.29 is 4.79 Å². The highest BCUT2D eigenvalue weighted by Crippen LogP contribution is 2.28. The number of imidazole rings is 1. The van der Waals surface area contributed by atoms with Gasteiger partial charge in [0.1, 0.15) is 0 Å². The number of nitrogens with one attached hydrogen (secondary N) is 2. The predicted octanol–water partition coefficient (Wildman–Crippen LogP) is 4.86. The number of para-hydroxylation sites is 2. The van der Waals surface area contributed by atoms with Gasteiger partial charge in [0, 0.05) is 19.1 Å². The van der Waals surface area contributed by atoms with Crippen molar-refractivity contribution in [3.8, 4) is 11.1 Å². The summed E-state index contributed by atoms with van der Waals surface area (Å²) < 4.78 is 0. The standard InChI is InChI=1S/C25H24N4O/c1-17-8-7-11-20(18-9-3-2-4-10-18)23(17)24(30)29-15-14-19(16-29)26-25-27-21-12-5-6-13-22(21)28-25/h2-13,19H,14-16H2,1H3,(H2,26,27,28)/t19-/m1/s1. The Morgan fingerprint density at radius 3 is 2.67 bits per heavy atom. The summed E-state index contributed by atoms with van der Waals surface area (Å²) >= 11 is 0. The fourth-order valence-electron chi connectivity index (χ4n) is 4.25. The summed E-state index contributed by atoms with van der Waals surface area (Å²) in [6.45, 7) is 3.41. The van der Waals surface area contributed by atoms with Gasteiger partial charge in [0.25, 0.3) is 5.91 Å². The molecule has 4 aromatic rings. The number of hydrogen-bond donors (Lipinski definition) is 2. The number of anilines is 1. The molecule has 1 fully saturated rings.